The fraction of sp³-hybridized carbons (Fsp3) is 0.600. The molecule has 0 N–H and O–H groups in total. The molecule has 0 amide bonds. The molecule has 2 aliphatic carbocycles. The second-order valence-corrected chi connectivity index (χ2v) is 9.48. The summed E-state index contributed by atoms with van der Waals surface area (Å²) in [6.45, 7) is 30.7. The number of hydrogen-bond acceptors (Lipinski definition) is 0. The zero-order valence-corrected chi connectivity index (χ0v) is 32.5. The maximum atomic E-state index is 2.21. The molecule has 0 aliphatic heterocycles. The van der Waals surface area contributed by atoms with Crippen LogP contribution in [0.25, 0.3) is 0 Å². The van der Waals surface area contributed by atoms with Crippen LogP contribution in [0.5, 0.6) is 0 Å². The third-order valence-electron chi connectivity index (χ3n) is 5.62. The van der Waals surface area contributed by atoms with Gasteiger partial charge in [0.2, 0.25) is 0 Å². The maximum absolute atomic E-state index is 2.21. The van der Waals surface area contributed by atoms with Gasteiger partial charge >= 0.3 is 27.3 Å². The van der Waals surface area contributed by atoms with Crippen LogP contribution in [-0.2, 0) is 39.0 Å². The van der Waals surface area contributed by atoms with Gasteiger partial charge in [-0.3, -0.25) is 0 Å². The van der Waals surface area contributed by atoms with Crippen molar-refractivity contribution >= 4 is 39.5 Å². The van der Waals surface area contributed by atoms with Crippen LogP contribution >= 0.6 is 17.2 Å². The molecule has 2 fully saturated rings. The smallest absolute Gasteiger partial charge is 0 e. The van der Waals surface area contributed by atoms with E-state index in [-0.39, 0.29) is 62.9 Å². The summed E-state index contributed by atoms with van der Waals surface area (Å²) in [6.07, 6.45) is 0. The molecule has 0 aromatic carbocycles. The van der Waals surface area contributed by atoms with E-state index >= 15 is 0 Å². The van der Waals surface area contributed by atoms with Crippen molar-refractivity contribution in [3.05, 3.63) is 59.2 Å². The topological polar surface area (TPSA) is 0 Å². The Bertz CT molecular complexity index is 232. The summed E-state index contributed by atoms with van der Waals surface area (Å²) < 4.78 is 0. The van der Waals surface area contributed by atoms with Gasteiger partial charge in [-0.05, 0) is 81.1 Å². The molecule has 2 rings (SSSR count). The quantitative estimate of drug-likeness (QED) is 0.188. The van der Waals surface area contributed by atoms with Crippen molar-refractivity contribution in [3.8, 4) is 0 Å². The maximum Gasteiger partial charge on any atom is 0 e. The van der Waals surface area contributed by atoms with Gasteiger partial charge < -0.3 is 24.0 Å². The van der Waals surface area contributed by atoms with Gasteiger partial charge in [0.1, 0.15) is 0 Å². The summed E-state index contributed by atoms with van der Waals surface area (Å²) in [5.74, 6) is 14.7. The summed E-state index contributed by atoms with van der Waals surface area (Å²) in [6, 6.07) is 0. The molecular weight excluding hydrogens is 823 g/mol. The second kappa shape index (κ2) is 28.2. The van der Waals surface area contributed by atoms with Gasteiger partial charge in [-0.1, -0.05) is 69.2 Å². The van der Waals surface area contributed by atoms with E-state index in [4.69, 9.17) is 0 Å². The van der Waals surface area contributed by atoms with E-state index in [2.05, 4.69) is 95.9 Å². The first-order chi connectivity index (χ1) is 12.9. The fourth-order valence-electron chi connectivity index (χ4n) is 2.81. The first-order valence-electron chi connectivity index (χ1n) is 10.1. The van der Waals surface area contributed by atoms with Crippen molar-refractivity contribution in [2.45, 2.75) is 74.2 Å². The summed E-state index contributed by atoms with van der Waals surface area (Å²) in [5, 5.41) is 0. The summed E-state index contributed by atoms with van der Waals surface area (Å²) in [4.78, 5) is 2.01. The summed E-state index contributed by atoms with van der Waals surface area (Å²) >= 11 is 1.95. The minimum Gasteiger partial charge on any atom is -1.00 e. The number of rotatable bonds is 0. The van der Waals surface area contributed by atoms with Gasteiger partial charge in [0.05, 0.1) is 0 Å². The van der Waals surface area contributed by atoms with Crippen molar-refractivity contribution in [3.63, 3.8) is 0 Å². The molecule has 189 valence electrons. The molecule has 2 saturated carbocycles. The van der Waals surface area contributed by atoms with E-state index in [1.165, 1.54) is 59.2 Å². The third-order valence-corrected chi connectivity index (χ3v) is 5.62. The molecule has 0 heterocycles. The molecule has 0 aromatic rings. The first-order valence-corrected chi connectivity index (χ1v) is 16.7. The molecular formula is C25H48IP2Rh2Te. The largest absolute Gasteiger partial charge is 1.00 e. The fourth-order valence-corrected chi connectivity index (χ4v) is 2.81. The van der Waals surface area contributed by atoms with Crippen molar-refractivity contribution < 1.29 is 62.9 Å². The Morgan fingerprint density at radius 2 is 0.484 bits per heavy atom. The van der Waals surface area contributed by atoms with Crippen LogP contribution in [0.1, 0.15) is 69.2 Å². The Labute approximate surface area is 259 Å². The average Bonchev–Trinajstić information content (AvgIpc) is 2.95. The molecule has 13 radical (unpaired) electrons. The van der Waals surface area contributed by atoms with Gasteiger partial charge in [0.15, 0.2) is 0 Å². The Morgan fingerprint density at radius 3 is 0.516 bits per heavy atom. The third kappa shape index (κ3) is 17.7. The normalized spacial score (nSPS) is 19.7. The summed E-state index contributed by atoms with van der Waals surface area (Å²) in [5.41, 5.74) is 0. The molecule has 0 atom stereocenters. The zero-order valence-electron chi connectivity index (χ0n) is 22.5. The van der Waals surface area contributed by atoms with Crippen LogP contribution in [0, 0.1) is 59.2 Å². The molecule has 0 spiro atoms. The monoisotopic (exact) mass is 873 g/mol. The van der Waals surface area contributed by atoms with E-state index in [0.29, 0.717) is 0 Å². The van der Waals surface area contributed by atoms with Crippen LogP contribution < -0.4 is 24.0 Å². The van der Waals surface area contributed by atoms with Gasteiger partial charge in [0.25, 0.3) is 0 Å². The van der Waals surface area contributed by atoms with Crippen molar-refractivity contribution in [1.29, 1.82) is 0 Å². The van der Waals surface area contributed by atoms with Gasteiger partial charge in [0, 0.05) is 52.3 Å². The van der Waals surface area contributed by atoms with Gasteiger partial charge in [-0.15, -0.1) is 8.58 Å². The van der Waals surface area contributed by atoms with Crippen molar-refractivity contribution in [1.82, 2.24) is 0 Å². The average molecular weight is 871 g/mol. The molecule has 2 aliphatic rings. The van der Waals surface area contributed by atoms with E-state index < -0.39 is 0 Å². The SMILES string of the molecule is CPC.C[C]1[C](C)[C](C)[C](C)[C]1C.C[C]1[C](C)[C](C)[C](C)[C]1C.C[PH2+]C.C[Te].[I-].[Rh].[Rh]. The molecule has 0 nitrogen and oxygen atoms in total. The van der Waals surface area contributed by atoms with Crippen molar-refractivity contribution in [2.24, 2.45) is 0 Å². The van der Waals surface area contributed by atoms with Crippen LogP contribution in [0.3, 0.4) is 0 Å². The molecule has 0 unspecified atom stereocenters. The van der Waals surface area contributed by atoms with Gasteiger partial charge in [-0.2, -0.15) is 0 Å². The first kappa shape index (κ1) is 47.8. The van der Waals surface area contributed by atoms with Crippen LogP contribution in [-0.4, -0.2) is 49.0 Å². The van der Waals surface area contributed by atoms with Crippen LogP contribution in [0.15, 0.2) is 0 Å². The van der Waals surface area contributed by atoms with Crippen LogP contribution in [0.2, 0.25) is 4.97 Å². The Balaban J connectivity index is -0.0000000706. The molecule has 0 bridgehead atoms. The minimum atomic E-state index is 0. The zero-order chi connectivity index (χ0) is 23.2. The number of halogens is 1. The molecule has 0 aromatic heterocycles. The molecule has 6 heteroatoms. The Kier molecular flexibility index (Phi) is 43.5. The van der Waals surface area contributed by atoms with E-state index in [1.807, 2.05) is 27.3 Å². The Hall–Kier alpha value is 3.63. The van der Waals surface area contributed by atoms with E-state index in [1.54, 1.807) is 0 Å². The number of hydrogen-bond donors (Lipinski definition) is 0. The van der Waals surface area contributed by atoms with Crippen LogP contribution in [0.4, 0.5) is 0 Å². The molecule has 31 heavy (non-hydrogen) atoms. The minimum absolute atomic E-state index is 0. The summed E-state index contributed by atoms with van der Waals surface area (Å²) in [7, 11) is 1.83. The Morgan fingerprint density at radius 1 is 0.452 bits per heavy atom. The molecule has 0 saturated heterocycles. The second-order valence-electron chi connectivity index (χ2n) is 7.33. The van der Waals surface area contributed by atoms with E-state index in [9.17, 15) is 0 Å². The van der Waals surface area contributed by atoms with Crippen molar-refractivity contribution in [2.75, 3.05) is 26.7 Å². The van der Waals surface area contributed by atoms with Gasteiger partial charge in [-0.25, -0.2) is 0 Å². The van der Waals surface area contributed by atoms with E-state index in [0.717, 1.165) is 17.2 Å². The predicted molar refractivity (Wildman–Crippen MR) is 143 cm³/mol. The predicted octanol–water partition coefficient (Wildman–Crippen LogP) is 4.73. The standard InChI is InChI=1S/2C10H15.2C2H7P.CH3Te.HI.2Rh/c2*1-6-7(2)9(4)10(5)8(6)3;2*1-3-2;1-2;;;/h2*1-5H3;2*3H,1-2H3;1H3;1H;;.